The van der Waals surface area contributed by atoms with Crippen LogP contribution in [0, 0.1) is 5.41 Å². The van der Waals surface area contributed by atoms with E-state index in [1.54, 1.807) is 0 Å². The zero-order valence-electron chi connectivity index (χ0n) is 9.95. The van der Waals surface area contributed by atoms with Crippen LogP contribution in [-0.4, -0.2) is 42.5 Å². The Kier molecular flexibility index (Phi) is 2.86. The maximum atomic E-state index is 11.9. The van der Waals surface area contributed by atoms with Gasteiger partial charge in [0.15, 0.2) is 5.78 Å². The maximum absolute atomic E-state index is 11.9. The average molecular weight is 211 g/mol. The van der Waals surface area contributed by atoms with Gasteiger partial charge in [0, 0.05) is 18.5 Å². The number of rotatable bonds is 2. The molecule has 0 aromatic carbocycles. The van der Waals surface area contributed by atoms with E-state index in [-0.39, 0.29) is 5.41 Å². The molecule has 3 heteroatoms. The third-order valence-corrected chi connectivity index (χ3v) is 3.32. The molecule has 2 aliphatic rings. The number of hydrogen-bond acceptors (Lipinski definition) is 3. The second-order valence-corrected chi connectivity index (χ2v) is 5.82. The largest absolute Gasteiger partial charge is 0.372 e. The van der Waals surface area contributed by atoms with Crippen LogP contribution >= 0.6 is 0 Å². The van der Waals surface area contributed by atoms with Crippen LogP contribution in [0.5, 0.6) is 0 Å². The SMILES string of the molecule is CC(C)(C)C(=O)CN1CC2CCC(C1)O2. The Hall–Kier alpha value is -0.410. The van der Waals surface area contributed by atoms with Crippen LogP contribution in [0.2, 0.25) is 0 Å². The summed E-state index contributed by atoms with van der Waals surface area (Å²) in [4.78, 5) is 14.1. The molecule has 2 saturated heterocycles. The van der Waals surface area contributed by atoms with E-state index >= 15 is 0 Å². The van der Waals surface area contributed by atoms with Crippen molar-refractivity contribution in [3.8, 4) is 0 Å². The van der Waals surface area contributed by atoms with Crippen molar-refractivity contribution in [1.82, 2.24) is 4.90 Å². The molecule has 2 unspecified atom stereocenters. The molecule has 2 heterocycles. The second kappa shape index (κ2) is 3.87. The Bertz CT molecular complexity index is 245. The van der Waals surface area contributed by atoms with Gasteiger partial charge < -0.3 is 4.74 Å². The fourth-order valence-electron chi connectivity index (χ4n) is 2.27. The van der Waals surface area contributed by atoms with E-state index in [9.17, 15) is 4.79 Å². The van der Waals surface area contributed by atoms with Crippen molar-refractivity contribution < 1.29 is 9.53 Å². The van der Waals surface area contributed by atoms with Gasteiger partial charge in [-0.05, 0) is 12.8 Å². The number of ether oxygens (including phenoxy) is 1. The van der Waals surface area contributed by atoms with Gasteiger partial charge in [0.05, 0.1) is 18.8 Å². The molecule has 0 aromatic heterocycles. The molecule has 0 N–H and O–H groups in total. The number of ketones is 1. The third kappa shape index (κ3) is 2.58. The van der Waals surface area contributed by atoms with Gasteiger partial charge in [-0.3, -0.25) is 9.69 Å². The topological polar surface area (TPSA) is 29.5 Å². The van der Waals surface area contributed by atoms with Crippen LogP contribution in [0.3, 0.4) is 0 Å². The number of Topliss-reactive ketones (excluding diaryl/α,β-unsaturated/α-hetero) is 1. The van der Waals surface area contributed by atoms with Gasteiger partial charge in [-0.25, -0.2) is 0 Å². The molecule has 86 valence electrons. The minimum atomic E-state index is -0.211. The van der Waals surface area contributed by atoms with Crippen molar-refractivity contribution in [3.05, 3.63) is 0 Å². The van der Waals surface area contributed by atoms with Crippen molar-refractivity contribution in [2.24, 2.45) is 5.41 Å². The molecule has 3 nitrogen and oxygen atoms in total. The molecular formula is C12H21NO2. The first-order valence-electron chi connectivity index (χ1n) is 5.86. The first kappa shape index (κ1) is 11.1. The average Bonchev–Trinajstić information content (AvgIpc) is 2.44. The molecule has 2 atom stereocenters. The Balaban J connectivity index is 1.88. The lowest BCUT2D eigenvalue weighted by Crippen LogP contribution is -2.46. The summed E-state index contributed by atoms with van der Waals surface area (Å²) in [5, 5.41) is 0. The Morgan fingerprint density at radius 1 is 1.27 bits per heavy atom. The molecule has 0 spiro atoms. The van der Waals surface area contributed by atoms with Crippen LogP contribution in [-0.2, 0) is 9.53 Å². The number of hydrogen-bond donors (Lipinski definition) is 0. The number of likely N-dealkylation sites (tertiary alicyclic amines) is 1. The molecule has 0 aromatic rings. The van der Waals surface area contributed by atoms with Gasteiger partial charge in [0.1, 0.15) is 0 Å². The van der Waals surface area contributed by atoms with Crippen LogP contribution in [0.4, 0.5) is 0 Å². The summed E-state index contributed by atoms with van der Waals surface area (Å²) in [6.07, 6.45) is 3.11. The fraction of sp³-hybridized carbons (Fsp3) is 0.917. The van der Waals surface area contributed by atoms with Crippen LogP contribution in [0.15, 0.2) is 0 Å². The summed E-state index contributed by atoms with van der Waals surface area (Å²) in [5.74, 6) is 0.337. The smallest absolute Gasteiger partial charge is 0.152 e. The van der Waals surface area contributed by atoms with Crippen molar-refractivity contribution in [1.29, 1.82) is 0 Å². The zero-order valence-corrected chi connectivity index (χ0v) is 9.95. The monoisotopic (exact) mass is 211 g/mol. The van der Waals surface area contributed by atoms with Gasteiger partial charge in [-0.15, -0.1) is 0 Å². The molecule has 2 rings (SSSR count). The second-order valence-electron chi connectivity index (χ2n) is 5.82. The van der Waals surface area contributed by atoms with E-state index < -0.39 is 0 Å². The van der Waals surface area contributed by atoms with E-state index in [0.29, 0.717) is 24.5 Å². The Labute approximate surface area is 91.8 Å². The minimum absolute atomic E-state index is 0.211. The summed E-state index contributed by atoms with van der Waals surface area (Å²) in [7, 11) is 0. The van der Waals surface area contributed by atoms with Crippen molar-refractivity contribution in [2.45, 2.75) is 45.8 Å². The molecule has 0 aliphatic carbocycles. The highest BCUT2D eigenvalue weighted by atomic mass is 16.5. The first-order chi connectivity index (χ1) is 6.95. The van der Waals surface area contributed by atoms with Gasteiger partial charge in [0.2, 0.25) is 0 Å². The van der Waals surface area contributed by atoms with Crippen LogP contribution < -0.4 is 0 Å². The third-order valence-electron chi connectivity index (χ3n) is 3.32. The number of fused-ring (bicyclic) bond motifs is 2. The van der Waals surface area contributed by atoms with E-state index in [2.05, 4.69) is 4.90 Å². The van der Waals surface area contributed by atoms with E-state index in [4.69, 9.17) is 4.74 Å². The standard InChI is InChI=1S/C12H21NO2/c1-12(2,3)11(14)8-13-6-9-4-5-10(7-13)15-9/h9-10H,4-8H2,1-3H3. The van der Waals surface area contributed by atoms with Gasteiger partial charge in [-0.1, -0.05) is 20.8 Å². The number of morpholine rings is 1. The minimum Gasteiger partial charge on any atom is -0.372 e. The fourth-order valence-corrected chi connectivity index (χ4v) is 2.27. The number of carbonyl (C=O) groups is 1. The highest BCUT2D eigenvalue weighted by Gasteiger charge is 2.35. The summed E-state index contributed by atoms with van der Waals surface area (Å²) in [5.41, 5.74) is -0.211. The molecule has 0 amide bonds. The summed E-state index contributed by atoms with van der Waals surface area (Å²) in [6.45, 7) is 8.45. The molecule has 0 saturated carbocycles. The number of nitrogens with zero attached hydrogens (tertiary/aromatic N) is 1. The van der Waals surface area contributed by atoms with E-state index in [0.717, 1.165) is 13.1 Å². The quantitative estimate of drug-likeness (QED) is 0.692. The molecule has 2 fully saturated rings. The molecule has 2 aliphatic heterocycles. The molecule has 2 bridgehead atoms. The predicted molar refractivity (Wildman–Crippen MR) is 58.8 cm³/mol. The summed E-state index contributed by atoms with van der Waals surface area (Å²) >= 11 is 0. The van der Waals surface area contributed by atoms with Gasteiger partial charge in [0.25, 0.3) is 0 Å². The normalized spacial score (nSPS) is 31.9. The van der Waals surface area contributed by atoms with Crippen molar-refractivity contribution in [2.75, 3.05) is 19.6 Å². The van der Waals surface area contributed by atoms with E-state index in [1.165, 1.54) is 12.8 Å². The lowest BCUT2D eigenvalue weighted by molar-refractivity contribution is -0.129. The highest BCUT2D eigenvalue weighted by Crippen LogP contribution is 2.26. The summed E-state index contributed by atoms with van der Waals surface area (Å²) in [6, 6.07) is 0. The molecular weight excluding hydrogens is 190 g/mol. The lowest BCUT2D eigenvalue weighted by Gasteiger charge is -2.33. The Morgan fingerprint density at radius 2 is 1.80 bits per heavy atom. The van der Waals surface area contributed by atoms with E-state index in [1.807, 2.05) is 20.8 Å². The Morgan fingerprint density at radius 3 is 2.27 bits per heavy atom. The first-order valence-corrected chi connectivity index (χ1v) is 5.86. The van der Waals surface area contributed by atoms with Gasteiger partial charge >= 0.3 is 0 Å². The molecule has 15 heavy (non-hydrogen) atoms. The summed E-state index contributed by atoms with van der Waals surface area (Å²) < 4.78 is 5.74. The van der Waals surface area contributed by atoms with Crippen LogP contribution in [0.25, 0.3) is 0 Å². The zero-order chi connectivity index (χ0) is 11.1. The van der Waals surface area contributed by atoms with Crippen LogP contribution in [0.1, 0.15) is 33.6 Å². The lowest BCUT2D eigenvalue weighted by atomic mass is 9.90. The molecule has 0 radical (unpaired) electrons. The highest BCUT2D eigenvalue weighted by molar-refractivity contribution is 5.85. The van der Waals surface area contributed by atoms with Crippen molar-refractivity contribution >= 4 is 5.78 Å². The van der Waals surface area contributed by atoms with Gasteiger partial charge in [-0.2, -0.15) is 0 Å². The maximum Gasteiger partial charge on any atom is 0.152 e. The predicted octanol–water partition coefficient (Wildman–Crippen LogP) is 1.46. The number of carbonyl (C=O) groups excluding carboxylic acids is 1. The van der Waals surface area contributed by atoms with Crippen molar-refractivity contribution in [3.63, 3.8) is 0 Å².